The molecule has 2 atom stereocenters. The molecular weight excluding hydrogens is 554 g/mol. The van der Waals surface area contributed by atoms with Crippen LogP contribution in [0.25, 0.3) is 0 Å². The quantitative estimate of drug-likeness (QED) is 0.135. The van der Waals surface area contributed by atoms with Gasteiger partial charge in [-0.25, -0.2) is 0 Å². The van der Waals surface area contributed by atoms with Crippen LogP contribution in [0.15, 0.2) is 10.2 Å². The van der Waals surface area contributed by atoms with Crippen LogP contribution in [0.1, 0.15) is 64.2 Å². The van der Waals surface area contributed by atoms with E-state index < -0.39 is 0 Å². The minimum absolute atomic E-state index is 0.537. The Hall–Kier alpha value is 0. The fourth-order valence-electron chi connectivity index (χ4n) is 3.22. The molecule has 0 saturated heterocycles. The molecule has 26 heavy (non-hydrogen) atoms. The van der Waals surface area contributed by atoms with Gasteiger partial charge in [0.05, 0.1) is 0 Å². The van der Waals surface area contributed by atoms with Crippen molar-refractivity contribution in [1.82, 2.24) is 19.8 Å². The molecule has 0 aliphatic carbocycles. The summed E-state index contributed by atoms with van der Waals surface area (Å²) in [5, 5.41) is 13.2. The van der Waals surface area contributed by atoms with Crippen LogP contribution in [0.4, 0.5) is 0 Å². The monoisotopic (exact) mass is 588 g/mol. The van der Waals surface area contributed by atoms with E-state index in [0.717, 1.165) is 13.3 Å². The molecule has 2 aliphatic rings. The molecule has 0 bridgehead atoms. The van der Waals surface area contributed by atoms with Crippen LogP contribution in [-0.4, -0.2) is 68.0 Å². The summed E-state index contributed by atoms with van der Waals surface area (Å²) in [5.74, 6) is 0. The van der Waals surface area contributed by atoms with Crippen molar-refractivity contribution in [2.75, 3.05) is 27.4 Å². The number of rotatable bonds is 13. The molecule has 0 N–H and O–H groups in total. The maximum absolute atomic E-state index is 4.43. The number of alkyl halides is 2. The Morgan fingerprint density at radius 1 is 0.692 bits per heavy atom. The van der Waals surface area contributed by atoms with Gasteiger partial charge < -0.3 is 9.80 Å². The summed E-state index contributed by atoms with van der Waals surface area (Å²) in [5.41, 5.74) is 0. The van der Waals surface area contributed by atoms with Gasteiger partial charge in [-0.15, -0.1) is 0 Å². The molecule has 8 heteroatoms. The van der Waals surface area contributed by atoms with Crippen LogP contribution in [0.5, 0.6) is 0 Å². The van der Waals surface area contributed by atoms with Crippen molar-refractivity contribution >= 4 is 57.9 Å². The number of hydrazone groups is 2. The number of halogens is 2. The van der Waals surface area contributed by atoms with Crippen molar-refractivity contribution in [3.05, 3.63) is 0 Å². The lowest BCUT2D eigenvalue weighted by Gasteiger charge is -2.22. The first kappa shape index (κ1) is 22.3. The van der Waals surface area contributed by atoms with E-state index in [9.17, 15) is 0 Å². The average molecular weight is 588 g/mol. The first-order valence-corrected chi connectivity index (χ1v) is 12.4. The summed E-state index contributed by atoms with van der Waals surface area (Å²) in [7, 11) is 4.15. The predicted octanol–water partition coefficient (Wildman–Crippen LogP) is 4.71. The number of hydrogen-bond acceptors (Lipinski definition) is 6. The summed E-state index contributed by atoms with van der Waals surface area (Å²) in [6, 6.07) is 0. The Morgan fingerprint density at radius 3 is 1.35 bits per heavy atom. The number of hydrogen-bond donors (Lipinski definition) is 0. The van der Waals surface area contributed by atoms with Gasteiger partial charge >= 0.3 is 0 Å². The molecule has 0 aromatic carbocycles. The highest BCUT2D eigenvalue weighted by molar-refractivity contribution is 14.1. The van der Waals surface area contributed by atoms with Gasteiger partial charge in [-0.05, 0) is 12.8 Å². The number of nitrogens with zero attached hydrogens (tertiary/aromatic N) is 6. The Balaban J connectivity index is 1.35. The average Bonchev–Trinajstić information content (AvgIpc) is 3.24. The Bertz CT molecular complexity index is 407. The fourth-order valence-corrected chi connectivity index (χ4v) is 4.74. The van der Waals surface area contributed by atoms with Crippen LogP contribution in [0.3, 0.4) is 0 Å². The van der Waals surface area contributed by atoms with Crippen molar-refractivity contribution in [3.8, 4) is 0 Å². The van der Waals surface area contributed by atoms with E-state index in [1.54, 1.807) is 0 Å². The van der Waals surface area contributed by atoms with Gasteiger partial charge in [-0.2, -0.15) is 10.2 Å². The molecule has 2 unspecified atom stereocenters. The molecule has 0 radical (unpaired) electrons. The van der Waals surface area contributed by atoms with Gasteiger partial charge in [0.2, 0.25) is 0 Å². The van der Waals surface area contributed by atoms with Crippen molar-refractivity contribution in [2.45, 2.75) is 72.3 Å². The molecule has 2 rings (SSSR count). The highest BCUT2D eigenvalue weighted by Gasteiger charge is 2.18. The van der Waals surface area contributed by atoms with Crippen LogP contribution < -0.4 is 0 Å². The van der Waals surface area contributed by atoms with Crippen molar-refractivity contribution in [3.63, 3.8) is 0 Å². The second-order valence-corrected chi connectivity index (χ2v) is 10.3. The van der Waals surface area contributed by atoms with Gasteiger partial charge in [0.1, 0.15) is 34.1 Å². The summed E-state index contributed by atoms with van der Waals surface area (Å²) in [4.78, 5) is 4.26. The van der Waals surface area contributed by atoms with Gasteiger partial charge in [0, 0.05) is 14.1 Å². The van der Waals surface area contributed by atoms with E-state index in [1.165, 1.54) is 64.2 Å². The lowest BCUT2D eigenvalue weighted by atomic mass is 10.1. The maximum atomic E-state index is 4.43. The van der Waals surface area contributed by atoms with Crippen LogP contribution >= 0.6 is 45.2 Å². The minimum atomic E-state index is 0.537. The van der Waals surface area contributed by atoms with Gasteiger partial charge in [0.15, 0.2) is 0 Å². The summed E-state index contributed by atoms with van der Waals surface area (Å²) < 4.78 is 1.07. The molecule has 6 nitrogen and oxygen atoms in total. The molecule has 150 valence electrons. The smallest absolute Gasteiger partial charge is 0.112 e. The Kier molecular flexibility index (Phi) is 10.7. The van der Waals surface area contributed by atoms with Crippen LogP contribution in [-0.2, 0) is 0 Å². The second-order valence-electron chi connectivity index (χ2n) is 7.41. The molecule has 0 spiro atoms. The largest absolute Gasteiger partial charge is 0.345 e. The van der Waals surface area contributed by atoms with Crippen molar-refractivity contribution in [2.24, 2.45) is 10.2 Å². The zero-order valence-corrected chi connectivity index (χ0v) is 20.5. The SMILES string of the molecule is CN1C=NN(C(I)CCCCCCCCCCC(I)N2CN(C)C=N2)C1. The highest BCUT2D eigenvalue weighted by atomic mass is 127. The third-order valence-electron chi connectivity index (χ3n) is 4.81. The molecule has 0 aromatic rings. The molecule has 0 fully saturated rings. The zero-order valence-electron chi connectivity index (χ0n) is 16.2. The molecule has 2 aliphatic heterocycles. The van der Waals surface area contributed by atoms with Crippen molar-refractivity contribution in [1.29, 1.82) is 0 Å². The maximum Gasteiger partial charge on any atom is 0.112 e. The summed E-state index contributed by atoms with van der Waals surface area (Å²) in [6.07, 6.45) is 17.3. The first-order chi connectivity index (χ1) is 12.6. The Morgan fingerprint density at radius 2 is 1.04 bits per heavy atom. The minimum Gasteiger partial charge on any atom is -0.345 e. The van der Waals surface area contributed by atoms with E-state index in [4.69, 9.17) is 0 Å². The van der Waals surface area contributed by atoms with Gasteiger partial charge in [0.25, 0.3) is 0 Å². The topological polar surface area (TPSA) is 37.7 Å². The second kappa shape index (κ2) is 12.5. The molecule has 2 heterocycles. The molecule has 0 saturated carbocycles. The summed E-state index contributed by atoms with van der Waals surface area (Å²) >= 11 is 5.05. The van der Waals surface area contributed by atoms with E-state index >= 15 is 0 Å². The Labute approximate surface area is 186 Å². The third kappa shape index (κ3) is 8.35. The third-order valence-corrected chi connectivity index (χ3v) is 7.34. The van der Waals surface area contributed by atoms with Gasteiger partial charge in [-0.1, -0.05) is 96.5 Å². The number of unbranched alkanes of at least 4 members (excludes halogenated alkanes) is 7. The van der Waals surface area contributed by atoms with Crippen LogP contribution in [0.2, 0.25) is 0 Å². The zero-order chi connectivity index (χ0) is 18.8. The normalized spacial score (nSPS) is 19.1. The van der Waals surface area contributed by atoms with E-state index in [2.05, 4.69) is 89.3 Å². The van der Waals surface area contributed by atoms with Gasteiger partial charge in [-0.3, -0.25) is 10.0 Å². The van der Waals surface area contributed by atoms with E-state index in [0.29, 0.717) is 8.10 Å². The predicted molar refractivity (Wildman–Crippen MR) is 128 cm³/mol. The highest BCUT2D eigenvalue weighted by Crippen LogP contribution is 2.21. The van der Waals surface area contributed by atoms with Crippen molar-refractivity contribution < 1.29 is 0 Å². The molecule has 0 amide bonds. The standard InChI is InChI=1S/C18H34I2N6/c1-23-13-21-25(15-23)17(19)11-9-7-5-3-4-6-8-10-12-18(20)26-16-24(2)14-22-26/h13-14,17-18H,3-12,15-16H2,1-2H3. The lowest BCUT2D eigenvalue weighted by molar-refractivity contribution is 0.235. The fraction of sp³-hybridized carbons (Fsp3) is 0.889. The van der Waals surface area contributed by atoms with Crippen LogP contribution in [0, 0.1) is 0 Å². The van der Waals surface area contributed by atoms with E-state index in [-0.39, 0.29) is 0 Å². The molecular formula is C18H34I2N6. The van der Waals surface area contributed by atoms with E-state index in [1.807, 2.05) is 12.7 Å². The lowest BCUT2D eigenvalue weighted by Crippen LogP contribution is -2.28. The summed E-state index contributed by atoms with van der Waals surface area (Å²) in [6.45, 7) is 1.87. The first-order valence-electron chi connectivity index (χ1n) is 9.86. The molecule has 0 aromatic heterocycles.